The third-order valence-electron chi connectivity index (χ3n) is 4.58. The van der Waals surface area contributed by atoms with Crippen LogP contribution in [0.4, 0.5) is 0 Å². The summed E-state index contributed by atoms with van der Waals surface area (Å²) < 4.78 is 11.0. The zero-order valence-electron chi connectivity index (χ0n) is 17.1. The van der Waals surface area contributed by atoms with Gasteiger partial charge in [0.15, 0.2) is 5.96 Å². The van der Waals surface area contributed by atoms with Crippen molar-refractivity contribution < 1.29 is 14.3 Å². The fourth-order valence-electron chi connectivity index (χ4n) is 3.13. The minimum Gasteiger partial charge on any atom is -0.477 e. The van der Waals surface area contributed by atoms with Gasteiger partial charge in [0.1, 0.15) is 0 Å². The number of ether oxygens (including phenoxy) is 2. The number of pyridine rings is 1. The Hall–Kier alpha value is -1.58. The lowest BCUT2D eigenvalue weighted by Crippen LogP contribution is -2.48. The first-order valence-corrected chi connectivity index (χ1v) is 9.88. The van der Waals surface area contributed by atoms with Gasteiger partial charge in [0.2, 0.25) is 5.88 Å². The summed E-state index contributed by atoms with van der Waals surface area (Å²) >= 11 is 0. The lowest BCUT2D eigenvalue weighted by atomic mass is 9.98. The van der Waals surface area contributed by atoms with E-state index in [0.717, 1.165) is 43.8 Å². The number of aromatic nitrogens is 1. The van der Waals surface area contributed by atoms with E-state index < -0.39 is 0 Å². The van der Waals surface area contributed by atoms with Gasteiger partial charge < -0.3 is 19.7 Å². The maximum atomic E-state index is 12.1. The zero-order valence-corrected chi connectivity index (χ0v) is 19.5. The van der Waals surface area contributed by atoms with Gasteiger partial charge in [-0.15, -0.1) is 24.0 Å². The zero-order chi connectivity index (χ0) is 19.5. The fourth-order valence-corrected chi connectivity index (χ4v) is 3.13. The Morgan fingerprint density at radius 3 is 2.96 bits per heavy atom. The third-order valence-corrected chi connectivity index (χ3v) is 4.58. The molecule has 1 unspecified atom stereocenters. The van der Waals surface area contributed by atoms with Crippen LogP contribution >= 0.6 is 24.0 Å². The smallest absolute Gasteiger partial charge is 0.310 e. The average molecular weight is 504 g/mol. The molecule has 0 radical (unpaired) electrons. The molecule has 0 aliphatic carbocycles. The number of halogens is 1. The third kappa shape index (κ3) is 7.44. The molecule has 1 aromatic heterocycles. The summed E-state index contributed by atoms with van der Waals surface area (Å²) in [5.41, 5.74) is 0.994. The molecule has 8 heteroatoms. The Balaban J connectivity index is 0.00000392. The molecule has 0 aromatic carbocycles. The summed E-state index contributed by atoms with van der Waals surface area (Å²) in [6.07, 6.45) is 5.65. The van der Waals surface area contributed by atoms with Crippen molar-refractivity contribution in [2.24, 2.45) is 10.9 Å². The monoisotopic (exact) mass is 504 g/mol. The number of carbonyl (C=O) groups excluding carboxylic acids is 1. The van der Waals surface area contributed by atoms with E-state index in [-0.39, 0.29) is 35.9 Å². The Morgan fingerprint density at radius 1 is 1.43 bits per heavy atom. The Morgan fingerprint density at radius 2 is 2.25 bits per heavy atom. The number of guanidine groups is 1. The van der Waals surface area contributed by atoms with Crippen molar-refractivity contribution in [1.82, 2.24) is 15.2 Å². The van der Waals surface area contributed by atoms with E-state index in [1.54, 1.807) is 13.2 Å². The van der Waals surface area contributed by atoms with Crippen LogP contribution < -0.4 is 10.1 Å². The number of unbranched alkanes of at least 4 members (excludes halogenated alkanes) is 1. The van der Waals surface area contributed by atoms with Crippen LogP contribution in [-0.4, -0.2) is 55.2 Å². The molecule has 28 heavy (non-hydrogen) atoms. The Bertz CT molecular complexity index is 627. The highest BCUT2D eigenvalue weighted by atomic mass is 127. The fraction of sp³-hybridized carbons (Fsp3) is 0.650. The molecule has 1 aromatic rings. The van der Waals surface area contributed by atoms with E-state index in [2.05, 4.69) is 27.1 Å². The minimum atomic E-state index is -0.114. The van der Waals surface area contributed by atoms with Gasteiger partial charge in [-0.25, -0.2) is 4.98 Å². The predicted molar refractivity (Wildman–Crippen MR) is 121 cm³/mol. The number of hydrogen-bond donors (Lipinski definition) is 1. The maximum absolute atomic E-state index is 12.1. The molecular formula is C20H33IN4O3. The van der Waals surface area contributed by atoms with Crippen LogP contribution in [0.2, 0.25) is 0 Å². The molecule has 0 saturated carbocycles. The molecule has 1 atom stereocenters. The van der Waals surface area contributed by atoms with Crippen LogP contribution in [0.3, 0.4) is 0 Å². The molecule has 1 fully saturated rings. The van der Waals surface area contributed by atoms with E-state index >= 15 is 0 Å². The highest BCUT2D eigenvalue weighted by Gasteiger charge is 2.28. The maximum Gasteiger partial charge on any atom is 0.310 e. The average Bonchev–Trinajstić information content (AvgIpc) is 2.70. The Labute approximate surface area is 185 Å². The molecule has 1 saturated heterocycles. The first-order chi connectivity index (χ1) is 13.2. The van der Waals surface area contributed by atoms with Crippen LogP contribution in [0, 0.1) is 5.92 Å². The second kappa shape index (κ2) is 13.6. The summed E-state index contributed by atoms with van der Waals surface area (Å²) in [6, 6.07) is 3.91. The van der Waals surface area contributed by atoms with Gasteiger partial charge >= 0.3 is 5.97 Å². The number of esters is 1. The molecule has 1 aliphatic heterocycles. The number of rotatable bonds is 8. The summed E-state index contributed by atoms with van der Waals surface area (Å²) in [5.74, 6) is 1.24. The largest absolute Gasteiger partial charge is 0.477 e. The first-order valence-electron chi connectivity index (χ1n) is 9.88. The Kier molecular flexibility index (Phi) is 11.9. The van der Waals surface area contributed by atoms with E-state index in [4.69, 9.17) is 9.47 Å². The second-order valence-corrected chi connectivity index (χ2v) is 6.61. The molecule has 0 spiro atoms. The van der Waals surface area contributed by atoms with Crippen molar-refractivity contribution in [2.45, 2.75) is 46.1 Å². The topological polar surface area (TPSA) is 76.0 Å². The standard InChI is InChI=1S/C20H32N4O3.HI/c1-4-6-13-27-18-16(9-7-11-22-18)14-23-20(21-3)24-12-8-10-17(15-24)19(25)26-5-2;/h7,9,11,17H,4-6,8,10,12-15H2,1-3H3,(H,21,23);1H. The molecule has 7 nitrogen and oxygen atoms in total. The number of aliphatic imine (C=N–C) groups is 1. The predicted octanol–water partition coefficient (Wildman–Crippen LogP) is 3.23. The molecular weight excluding hydrogens is 471 g/mol. The number of carbonyl (C=O) groups is 1. The van der Waals surface area contributed by atoms with E-state index in [1.807, 2.05) is 19.1 Å². The molecule has 0 bridgehead atoms. The number of hydrogen-bond acceptors (Lipinski definition) is 5. The number of piperidine rings is 1. The van der Waals surface area contributed by atoms with Gasteiger partial charge in [0, 0.05) is 38.4 Å². The van der Waals surface area contributed by atoms with Crippen LogP contribution in [0.25, 0.3) is 0 Å². The summed E-state index contributed by atoms with van der Waals surface area (Å²) in [6.45, 7) is 7.15. The SMILES string of the molecule is CCCCOc1ncccc1CNC(=NC)N1CCCC(C(=O)OCC)C1.I. The molecule has 158 valence electrons. The van der Waals surface area contributed by atoms with Crippen molar-refractivity contribution in [2.75, 3.05) is 33.4 Å². The number of nitrogens with one attached hydrogen (secondary N) is 1. The molecule has 0 amide bonds. The minimum absolute atomic E-state index is 0. The molecule has 1 aliphatic rings. The van der Waals surface area contributed by atoms with Crippen LogP contribution in [0.5, 0.6) is 5.88 Å². The molecule has 2 rings (SSSR count). The van der Waals surface area contributed by atoms with Gasteiger partial charge in [0.25, 0.3) is 0 Å². The van der Waals surface area contributed by atoms with Gasteiger partial charge in [-0.2, -0.15) is 0 Å². The van der Waals surface area contributed by atoms with E-state index in [9.17, 15) is 4.79 Å². The lowest BCUT2D eigenvalue weighted by molar-refractivity contribution is -0.149. The normalized spacial score (nSPS) is 16.9. The summed E-state index contributed by atoms with van der Waals surface area (Å²) in [7, 11) is 1.76. The van der Waals surface area contributed by atoms with Crippen LogP contribution in [-0.2, 0) is 16.1 Å². The van der Waals surface area contributed by atoms with Crippen molar-refractivity contribution in [3.05, 3.63) is 23.9 Å². The summed E-state index contributed by atoms with van der Waals surface area (Å²) in [5, 5.41) is 3.38. The van der Waals surface area contributed by atoms with Crippen molar-refractivity contribution in [1.29, 1.82) is 0 Å². The quantitative estimate of drug-likeness (QED) is 0.193. The van der Waals surface area contributed by atoms with Crippen LogP contribution in [0.1, 0.15) is 45.1 Å². The van der Waals surface area contributed by atoms with E-state index in [1.165, 1.54) is 0 Å². The first kappa shape index (κ1) is 24.5. The highest BCUT2D eigenvalue weighted by Crippen LogP contribution is 2.19. The number of likely N-dealkylation sites (tertiary alicyclic amines) is 1. The van der Waals surface area contributed by atoms with Crippen molar-refractivity contribution in [3.63, 3.8) is 0 Å². The van der Waals surface area contributed by atoms with E-state index in [0.29, 0.717) is 32.2 Å². The number of nitrogens with zero attached hydrogens (tertiary/aromatic N) is 3. The molecule has 1 N–H and O–H groups in total. The molecule has 2 heterocycles. The van der Waals surface area contributed by atoms with Gasteiger partial charge in [0.05, 0.1) is 19.1 Å². The second-order valence-electron chi connectivity index (χ2n) is 6.61. The van der Waals surface area contributed by atoms with Crippen molar-refractivity contribution >= 4 is 35.9 Å². The van der Waals surface area contributed by atoms with Crippen LogP contribution in [0.15, 0.2) is 23.3 Å². The van der Waals surface area contributed by atoms with Gasteiger partial charge in [-0.3, -0.25) is 9.79 Å². The lowest BCUT2D eigenvalue weighted by Gasteiger charge is -2.34. The van der Waals surface area contributed by atoms with Gasteiger partial charge in [-0.05, 0) is 32.3 Å². The van der Waals surface area contributed by atoms with Crippen molar-refractivity contribution in [3.8, 4) is 5.88 Å². The highest BCUT2D eigenvalue weighted by molar-refractivity contribution is 14.0. The van der Waals surface area contributed by atoms with Gasteiger partial charge in [-0.1, -0.05) is 19.4 Å². The summed E-state index contributed by atoms with van der Waals surface area (Å²) in [4.78, 5) is 22.9.